The fourth-order valence-corrected chi connectivity index (χ4v) is 5.98. The van der Waals surface area contributed by atoms with Gasteiger partial charge in [0.05, 0.1) is 5.69 Å². The number of benzene rings is 5. The standard InChI is InChI=1S/C35H25NO2/c1-22-13-16-24(17-14-22)36(30-11-6-10-28-27-9-4-5-12-31(27)38-35(28)30)25-18-20-32-29(21-25)34-26-8-3-2-7-23(26)15-19-33(34)37-32/h2,4-7,9-21H,3,8H2,1H3. The summed E-state index contributed by atoms with van der Waals surface area (Å²) in [6.45, 7) is 2.12. The van der Waals surface area contributed by atoms with Gasteiger partial charge in [0.1, 0.15) is 16.7 Å². The summed E-state index contributed by atoms with van der Waals surface area (Å²) < 4.78 is 12.8. The number of fused-ring (bicyclic) bond motifs is 8. The minimum absolute atomic E-state index is 0.883. The van der Waals surface area contributed by atoms with E-state index in [9.17, 15) is 0 Å². The number of allylic oxidation sites excluding steroid dienone is 1. The third-order valence-electron chi connectivity index (χ3n) is 7.80. The van der Waals surface area contributed by atoms with E-state index in [1.807, 2.05) is 12.1 Å². The van der Waals surface area contributed by atoms with E-state index in [0.717, 1.165) is 68.4 Å². The molecule has 0 fully saturated rings. The summed E-state index contributed by atoms with van der Waals surface area (Å²) in [6, 6.07) is 34.2. The fourth-order valence-electron chi connectivity index (χ4n) is 5.98. The Labute approximate surface area is 220 Å². The van der Waals surface area contributed by atoms with Gasteiger partial charge in [-0.25, -0.2) is 0 Å². The van der Waals surface area contributed by atoms with Gasteiger partial charge in [-0.2, -0.15) is 0 Å². The molecule has 0 saturated heterocycles. The first-order valence-corrected chi connectivity index (χ1v) is 13.2. The number of hydrogen-bond donors (Lipinski definition) is 0. The molecule has 0 atom stereocenters. The molecule has 5 aromatic carbocycles. The van der Waals surface area contributed by atoms with E-state index in [1.54, 1.807) is 0 Å². The monoisotopic (exact) mass is 491 g/mol. The largest absolute Gasteiger partial charge is 0.456 e. The lowest BCUT2D eigenvalue weighted by molar-refractivity contribution is 0.668. The molecule has 8 rings (SSSR count). The maximum absolute atomic E-state index is 6.48. The molecule has 0 N–H and O–H groups in total. The van der Waals surface area contributed by atoms with Gasteiger partial charge in [-0.1, -0.05) is 66.2 Å². The molecule has 3 heteroatoms. The molecule has 7 aromatic rings. The first-order chi connectivity index (χ1) is 18.7. The van der Waals surface area contributed by atoms with Crippen LogP contribution in [-0.2, 0) is 6.42 Å². The van der Waals surface area contributed by atoms with Crippen LogP contribution in [0, 0.1) is 6.92 Å². The van der Waals surface area contributed by atoms with E-state index in [1.165, 1.54) is 22.1 Å². The minimum Gasteiger partial charge on any atom is -0.456 e. The zero-order valence-corrected chi connectivity index (χ0v) is 21.1. The molecule has 0 aliphatic heterocycles. The second kappa shape index (κ2) is 8.12. The van der Waals surface area contributed by atoms with Gasteiger partial charge in [0, 0.05) is 32.9 Å². The predicted molar refractivity (Wildman–Crippen MR) is 158 cm³/mol. The van der Waals surface area contributed by atoms with Crippen LogP contribution in [0.15, 0.2) is 112 Å². The molecule has 0 bridgehead atoms. The van der Waals surface area contributed by atoms with Gasteiger partial charge in [-0.3, -0.25) is 0 Å². The molecule has 38 heavy (non-hydrogen) atoms. The van der Waals surface area contributed by atoms with Crippen LogP contribution in [0.5, 0.6) is 0 Å². The minimum atomic E-state index is 0.883. The molecular formula is C35H25NO2. The summed E-state index contributed by atoms with van der Waals surface area (Å²) >= 11 is 0. The van der Waals surface area contributed by atoms with E-state index in [-0.39, 0.29) is 0 Å². The number of furan rings is 2. The average molecular weight is 492 g/mol. The Morgan fingerprint density at radius 2 is 1.45 bits per heavy atom. The number of hydrogen-bond acceptors (Lipinski definition) is 3. The Kier molecular flexibility index (Phi) is 4.56. The normalized spacial score (nSPS) is 13.1. The van der Waals surface area contributed by atoms with E-state index in [2.05, 4.69) is 109 Å². The Morgan fingerprint density at radius 3 is 2.37 bits per heavy atom. The number of nitrogens with zero attached hydrogens (tertiary/aromatic N) is 1. The molecule has 0 spiro atoms. The van der Waals surface area contributed by atoms with Gasteiger partial charge in [-0.15, -0.1) is 0 Å². The maximum atomic E-state index is 6.48. The van der Waals surface area contributed by atoms with Crippen molar-refractivity contribution >= 4 is 67.0 Å². The van der Waals surface area contributed by atoms with Crippen LogP contribution in [0.2, 0.25) is 0 Å². The smallest absolute Gasteiger partial charge is 0.159 e. The van der Waals surface area contributed by atoms with Gasteiger partial charge in [0.2, 0.25) is 0 Å². The lowest BCUT2D eigenvalue weighted by Gasteiger charge is -2.25. The van der Waals surface area contributed by atoms with Crippen LogP contribution in [-0.4, -0.2) is 0 Å². The van der Waals surface area contributed by atoms with Crippen molar-refractivity contribution in [1.82, 2.24) is 0 Å². The van der Waals surface area contributed by atoms with Crippen molar-refractivity contribution in [1.29, 1.82) is 0 Å². The lowest BCUT2D eigenvalue weighted by Crippen LogP contribution is -2.10. The average Bonchev–Trinajstić information content (AvgIpc) is 3.53. The van der Waals surface area contributed by atoms with Gasteiger partial charge >= 0.3 is 0 Å². The van der Waals surface area contributed by atoms with Gasteiger partial charge < -0.3 is 13.7 Å². The first-order valence-electron chi connectivity index (χ1n) is 13.2. The summed E-state index contributed by atoms with van der Waals surface area (Å²) in [5.74, 6) is 0. The predicted octanol–water partition coefficient (Wildman–Crippen LogP) is 10.2. The Morgan fingerprint density at radius 1 is 0.658 bits per heavy atom. The van der Waals surface area contributed by atoms with Crippen LogP contribution >= 0.6 is 0 Å². The molecule has 182 valence electrons. The van der Waals surface area contributed by atoms with Crippen molar-refractivity contribution in [3.63, 3.8) is 0 Å². The molecule has 0 unspecified atom stereocenters. The second-order valence-electron chi connectivity index (χ2n) is 10.2. The fraction of sp³-hybridized carbons (Fsp3) is 0.0857. The van der Waals surface area contributed by atoms with E-state index in [0.29, 0.717) is 0 Å². The van der Waals surface area contributed by atoms with Crippen molar-refractivity contribution < 1.29 is 8.83 Å². The SMILES string of the molecule is Cc1ccc(N(c2ccc3oc4ccc5c(c4c3c2)CCC=C5)c2cccc3c2oc2ccccc23)cc1. The molecule has 0 radical (unpaired) electrons. The summed E-state index contributed by atoms with van der Waals surface area (Å²) in [5.41, 5.74) is 10.7. The Balaban J connectivity index is 1.42. The van der Waals surface area contributed by atoms with Gasteiger partial charge in [0.25, 0.3) is 0 Å². The lowest BCUT2D eigenvalue weighted by atomic mass is 9.93. The van der Waals surface area contributed by atoms with E-state index >= 15 is 0 Å². The quantitative estimate of drug-likeness (QED) is 0.246. The van der Waals surface area contributed by atoms with E-state index < -0.39 is 0 Å². The van der Waals surface area contributed by atoms with Crippen molar-refractivity contribution in [3.8, 4) is 0 Å². The molecule has 1 aliphatic rings. The van der Waals surface area contributed by atoms with Gasteiger partial charge in [0.15, 0.2) is 5.58 Å². The summed E-state index contributed by atoms with van der Waals surface area (Å²) in [5, 5.41) is 4.63. The molecular weight excluding hydrogens is 466 g/mol. The number of aryl methyl sites for hydroxylation is 2. The summed E-state index contributed by atoms with van der Waals surface area (Å²) in [4.78, 5) is 2.30. The molecule has 1 aliphatic carbocycles. The zero-order valence-electron chi connectivity index (χ0n) is 21.1. The van der Waals surface area contributed by atoms with Crippen LogP contribution in [0.25, 0.3) is 50.0 Å². The van der Waals surface area contributed by atoms with Crippen LogP contribution < -0.4 is 4.90 Å². The van der Waals surface area contributed by atoms with Crippen molar-refractivity contribution in [2.24, 2.45) is 0 Å². The van der Waals surface area contributed by atoms with Crippen molar-refractivity contribution in [2.75, 3.05) is 4.90 Å². The highest BCUT2D eigenvalue weighted by Crippen LogP contribution is 2.44. The maximum Gasteiger partial charge on any atom is 0.159 e. The summed E-state index contributed by atoms with van der Waals surface area (Å²) in [6.07, 6.45) is 6.58. The van der Waals surface area contributed by atoms with E-state index in [4.69, 9.17) is 8.83 Å². The highest BCUT2D eigenvalue weighted by Gasteiger charge is 2.21. The van der Waals surface area contributed by atoms with Crippen LogP contribution in [0.4, 0.5) is 17.1 Å². The third kappa shape index (κ3) is 3.15. The highest BCUT2D eigenvalue weighted by atomic mass is 16.3. The van der Waals surface area contributed by atoms with Gasteiger partial charge in [-0.05, 0) is 79.4 Å². The summed E-state index contributed by atoms with van der Waals surface area (Å²) in [7, 11) is 0. The molecule has 0 amide bonds. The number of rotatable bonds is 3. The Hall–Kier alpha value is -4.76. The molecule has 3 nitrogen and oxygen atoms in total. The molecule has 2 heterocycles. The molecule has 2 aromatic heterocycles. The van der Waals surface area contributed by atoms with Crippen LogP contribution in [0.3, 0.4) is 0 Å². The van der Waals surface area contributed by atoms with Crippen molar-refractivity contribution in [2.45, 2.75) is 19.8 Å². The molecule has 0 saturated carbocycles. The third-order valence-corrected chi connectivity index (χ3v) is 7.80. The number of anilines is 3. The van der Waals surface area contributed by atoms with Crippen molar-refractivity contribution in [3.05, 3.63) is 120 Å². The zero-order chi connectivity index (χ0) is 25.2. The first kappa shape index (κ1) is 21.3. The van der Waals surface area contributed by atoms with Crippen LogP contribution in [0.1, 0.15) is 23.1 Å². The number of para-hydroxylation sites is 2. The second-order valence-corrected chi connectivity index (χ2v) is 10.2. The highest BCUT2D eigenvalue weighted by molar-refractivity contribution is 6.12. The topological polar surface area (TPSA) is 29.5 Å². The Bertz CT molecular complexity index is 2040.